The number of rotatable bonds is 5. The van der Waals surface area contributed by atoms with Gasteiger partial charge in [-0.15, -0.1) is 0 Å². The van der Waals surface area contributed by atoms with Crippen molar-refractivity contribution in [3.8, 4) is 0 Å². The van der Waals surface area contributed by atoms with Gasteiger partial charge >= 0.3 is 6.55 Å². The van der Waals surface area contributed by atoms with Crippen molar-refractivity contribution in [3.05, 3.63) is 53.1 Å². The topological polar surface area (TPSA) is 65.8 Å². The molecule has 1 aromatic carbocycles. The van der Waals surface area contributed by atoms with Gasteiger partial charge < -0.3 is 15.1 Å². The average molecular weight is 411 g/mol. The van der Waals surface area contributed by atoms with Crippen molar-refractivity contribution < 1.29 is 13.6 Å². The highest BCUT2D eigenvalue weighted by molar-refractivity contribution is 6.30. The number of amides is 1. The molecule has 0 spiro atoms. The van der Waals surface area contributed by atoms with Gasteiger partial charge in [-0.1, -0.05) is 23.7 Å². The number of hydrogen-bond donors (Lipinski definition) is 1. The van der Waals surface area contributed by atoms with Gasteiger partial charge in [-0.25, -0.2) is 4.98 Å². The molecule has 1 saturated heterocycles. The smallest absolute Gasteiger partial charge is 0.319 e. The van der Waals surface area contributed by atoms with Gasteiger partial charge in [-0.2, -0.15) is 8.78 Å². The minimum Gasteiger partial charge on any atom is -0.349 e. The Morgan fingerprint density at radius 1 is 1.32 bits per heavy atom. The Morgan fingerprint density at radius 3 is 2.71 bits per heavy atom. The number of benzene rings is 1. The third-order valence-electron chi connectivity index (χ3n) is 4.48. The van der Waals surface area contributed by atoms with Crippen molar-refractivity contribution in [2.45, 2.75) is 19.6 Å². The molecule has 1 N–H and O–H groups in total. The first-order valence-corrected chi connectivity index (χ1v) is 9.13. The maximum Gasteiger partial charge on any atom is 0.319 e. The van der Waals surface area contributed by atoms with Crippen LogP contribution in [-0.2, 0) is 17.9 Å². The summed E-state index contributed by atoms with van der Waals surface area (Å²) < 4.78 is 26.6. The summed E-state index contributed by atoms with van der Waals surface area (Å²) in [5, 5.41) is 3.66. The molecule has 10 heteroatoms. The summed E-state index contributed by atoms with van der Waals surface area (Å²) in [4.78, 5) is 24.2. The number of carbonyl (C=O) groups excluding carboxylic acids is 1. The van der Waals surface area contributed by atoms with Crippen LogP contribution in [0, 0.1) is 0 Å². The number of guanidine groups is 1. The van der Waals surface area contributed by atoms with Gasteiger partial charge in [0, 0.05) is 44.1 Å². The summed E-state index contributed by atoms with van der Waals surface area (Å²) in [5.74, 6) is 0.644. The molecule has 0 radical (unpaired) electrons. The minimum atomic E-state index is -2.65. The number of nitrogens with one attached hydrogen (secondary N) is 1. The Morgan fingerprint density at radius 2 is 2.07 bits per heavy atom. The van der Waals surface area contributed by atoms with Crippen LogP contribution in [0.1, 0.15) is 17.9 Å². The molecule has 1 aromatic heterocycles. The molecule has 0 unspecified atom stereocenters. The summed E-state index contributed by atoms with van der Waals surface area (Å²) in [5.41, 5.74) is 1.01. The molecule has 1 aliphatic rings. The molecule has 28 heavy (non-hydrogen) atoms. The number of piperazine rings is 1. The fourth-order valence-electron chi connectivity index (χ4n) is 3.02. The van der Waals surface area contributed by atoms with Gasteiger partial charge in [0.05, 0.1) is 13.1 Å². The predicted molar refractivity (Wildman–Crippen MR) is 102 cm³/mol. The fourth-order valence-corrected chi connectivity index (χ4v) is 3.14. The summed E-state index contributed by atoms with van der Waals surface area (Å²) in [6, 6.07) is 7.39. The summed E-state index contributed by atoms with van der Waals surface area (Å²) >= 11 is 5.89. The van der Waals surface area contributed by atoms with Crippen LogP contribution in [0.3, 0.4) is 0 Å². The molecule has 0 aliphatic carbocycles. The number of alkyl halides is 2. The Hall–Kier alpha value is -2.68. The van der Waals surface area contributed by atoms with Gasteiger partial charge in [0.15, 0.2) is 5.96 Å². The molecule has 7 nitrogen and oxygen atoms in total. The van der Waals surface area contributed by atoms with Crippen LogP contribution < -0.4 is 5.32 Å². The van der Waals surface area contributed by atoms with Crippen LogP contribution in [-0.4, -0.2) is 57.9 Å². The highest BCUT2D eigenvalue weighted by Crippen LogP contribution is 2.14. The van der Waals surface area contributed by atoms with Crippen molar-refractivity contribution in [1.29, 1.82) is 0 Å². The van der Waals surface area contributed by atoms with E-state index >= 15 is 0 Å². The number of halogens is 3. The molecule has 2 aromatic rings. The van der Waals surface area contributed by atoms with Crippen molar-refractivity contribution in [2.24, 2.45) is 4.99 Å². The Labute approximate surface area is 166 Å². The number of carbonyl (C=O) groups is 1. The second kappa shape index (κ2) is 9.01. The van der Waals surface area contributed by atoms with Crippen molar-refractivity contribution >= 4 is 23.5 Å². The summed E-state index contributed by atoms with van der Waals surface area (Å²) in [6.07, 6.45) is 2.55. The second-order valence-electron chi connectivity index (χ2n) is 6.29. The number of aromatic nitrogens is 2. The van der Waals surface area contributed by atoms with E-state index < -0.39 is 6.55 Å². The molecule has 2 heterocycles. The van der Waals surface area contributed by atoms with Crippen LogP contribution in [0.5, 0.6) is 0 Å². The van der Waals surface area contributed by atoms with Gasteiger partial charge in [0.1, 0.15) is 5.82 Å². The van der Waals surface area contributed by atoms with E-state index in [0.717, 1.165) is 10.1 Å². The molecule has 3 rings (SSSR count). The van der Waals surface area contributed by atoms with E-state index in [9.17, 15) is 13.6 Å². The highest BCUT2D eigenvalue weighted by Gasteiger charge is 2.26. The van der Waals surface area contributed by atoms with E-state index in [0.29, 0.717) is 30.6 Å². The minimum absolute atomic E-state index is 0.0294. The lowest BCUT2D eigenvalue weighted by Gasteiger charge is -2.36. The Bertz CT molecular complexity index is 839. The first-order chi connectivity index (χ1) is 13.5. The highest BCUT2D eigenvalue weighted by atomic mass is 35.5. The normalized spacial score (nSPS) is 15.5. The molecule has 0 saturated carbocycles. The lowest BCUT2D eigenvalue weighted by Crippen LogP contribution is -2.54. The van der Waals surface area contributed by atoms with E-state index in [-0.39, 0.29) is 24.8 Å². The lowest BCUT2D eigenvalue weighted by atomic mass is 10.2. The van der Waals surface area contributed by atoms with Gasteiger partial charge in [0.25, 0.3) is 0 Å². The zero-order valence-corrected chi connectivity index (χ0v) is 16.1. The summed E-state index contributed by atoms with van der Waals surface area (Å²) in [6.45, 7) is -0.767. The van der Waals surface area contributed by atoms with E-state index in [1.807, 2.05) is 12.1 Å². The lowest BCUT2D eigenvalue weighted by molar-refractivity contribution is -0.135. The molecule has 1 fully saturated rings. The number of nitrogens with zero attached hydrogens (tertiary/aromatic N) is 5. The average Bonchev–Trinajstić information content (AvgIpc) is 3.15. The van der Waals surface area contributed by atoms with Crippen molar-refractivity contribution in [1.82, 2.24) is 24.7 Å². The number of aliphatic imine (C=N–C) groups is 1. The van der Waals surface area contributed by atoms with E-state index in [1.54, 1.807) is 29.0 Å². The van der Waals surface area contributed by atoms with Gasteiger partial charge in [0.2, 0.25) is 5.91 Å². The summed E-state index contributed by atoms with van der Waals surface area (Å²) in [7, 11) is 1.59. The van der Waals surface area contributed by atoms with Crippen LogP contribution in [0.15, 0.2) is 41.7 Å². The molecule has 1 aliphatic heterocycles. The van der Waals surface area contributed by atoms with Crippen molar-refractivity contribution in [3.63, 3.8) is 0 Å². The quantitative estimate of drug-likeness (QED) is 0.607. The first kappa shape index (κ1) is 20.1. The monoisotopic (exact) mass is 410 g/mol. The van der Waals surface area contributed by atoms with E-state index in [1.165, 1.54) is 12.4 Å². The number of hydrogen-bond acceptors (Lipinski definition) is 3. The van der Waals surface area contributed by atoms with Crippen LogP contribution in [0.25, 0.3) is 0 Å². The molecular formula is C18H21ClF2N6O. The van der Waals surface area contributed by atoms with Gasteiger partial charge in [-0.05, 0) is 17.7 Å². The molecule has 0 bridgehead atoms. The third kappa shape index (κ3) is 4.78. The van der Waals surface area contributed by atoms with Gasteiger partial charge in [-0.3, -0.25) is 14.4 Å². The van der Waals surface area contributed by atoms with Crippen LogP contribution in [0.4, 0.5) is 8.78 Å². The first-order valence-electron chi connectivity index (χ1n) is 8.75. The Balaban J connectivity index is 1.56. The maximum absolute atomic E-state index is 12.9. The van der Waals surface area contributed by atoms with Crippen LogP contribution >= 0.6 is 11.6 Å². The fraction of sp³-hybridized carbons (Fsp3) is 0.389. The molecule has 1 amide bonds. The standard InChI is InChI=1S/C18H21ClF2N6O/c1-22-18(24-10-15-23-6-7-27(15)17(20)21)26-9-8-25(16(28)12-26)11-13-2-4-14(19)5-3-13/h2-7,17H,8-12H2,1H3,(H,22,24). The zero-order chi connectivity index (χ0) is 20.1. The predicted octanol–water partition coefficient (Wildman–Crippen LogP) is 2.35. The van der Waals surface area contributed by atoms with E-state index in [4.69, 9.17) is 11.6 Å². The number of imidazole rings is 1. The third-order valence-corrected chi connectivity index (χ3v) is 4.73. The molecule has 0 atom stereocenters. The Kier molecular flexibility index (Phi) is 6.45. The molecule has 150 valence electrons. The SMILES string of the molecule is CN=C(NCc1nccn1C(F)F)N1CCN(Cc2ccc(Cl)cc2)C(=O)C1. The van der Waals surface area contributed by atoms with Crippen LogP contribution in [0.2, 0.25) is 5.02 Å². The largest absolute Gasteiger partial charge is 0.349 e. The maximum atomic E-state index is 12.9. The van der Waals surface area contributed by atoms with E-state index in [2.05, 4.69) is 15.3 Å². The second-order valence-corrected chi connectivity index (χ2v) is 6.73. The molecular weight excluding hydrogens is 390 g/mol. The van der Waals surface area contributed by atoms with Crippen molar-refractivity contribution in [2.75, 3.05) is 26.7 Å². The zero-order valence-electron chi connectivity index (χ0n) is 15.4.